The van der Waals surface area contributed by atoms with E-state index >= 15 is 0 Å². The number of hydrogen-bond donors (Lipinski definition) is 0. The number of amides is 1. The molecule has 5 aromatic rings. The Bertz CT molecular complexity index is 1240. The van der Waals surface area contributed by atoms with Crippen molar-refractivity contribution in [2.24, 2.45) is 0 Å². The minimum absolute atomic E-state index is 0.0707. The zero-order valence-corrected chi connectivity index (χ0v) is 16.8. The lowest BCUT2D eigenvalue weighted by molar-refractivity contribution is 0.0730. The number of halogens is 1. The van der Waals surface area contributed by atoms with Crippen LogP contribution >= 0.6 is 22.9 Å². The van der Waals surface area contributed by atoms with Crippen molar-refractivity contribution >= 4 is 40.1 Å². The highest BCUT2D eigenvalue weighted by molar-refractivity contribution is 7.17. The number of imidazole rings is 2. The fraction of sp³-hybridized carbons (Fsp3) is 0.0952. The fourth-order valence-electron chi connectivity index (χ4n) is 3.38. The molecule has 1 amide bonds. The third kappa shape index (κ3) is 3.39. The van der Waals surface area contributed by atoms with Gasteiger partial charge in [0.1, 0.15) is 11.3 Å². The van der Waals surface area contributed by atoms with Gasteiger partial charge in [-0.05, 0) is 36.4 Å². The van der Waals surface area contributed by atoms with Gasteiger partial charge >= 0.3 is 0 Å². The summed E-state index contributed by atoms with van der Waals surface area (Å²) in [7, 11) is 0. The van der Waals surface area contributed by atoms with Gasteiger partial charge in [0.25, 0.3) is 5.91 Å². The van der Waals surface area contributed by atoms with Gasteiger partial charge in [-0.25, -0.2) is 9.97 Å². The molecule has 0 unspecified atom stereocenters. The molecular formula is C21H16ClN5OS. The lowest BCUT2D eigenvalue weighted by Gasteiger charge is -2.22. The summed E-state index contributed by atoms with van der Waals surface area (Å²) in [5.74, 6) is -0.0707. The molecule has 0 atom stereocenters. The second-order valence-electron chi connectivity index (χ2n) is 6.62. The lowest BCUT2D eigenvalue weighted by Crippen LogP contribution is -2.30. The van der Waals surface area contributed by atoms with Gasteiger partial charge in [0.05, 0.1) is 46.1 Å². The summed E-state index contributed by atoms with van der Waals surface area (Å²) in [6, 6.07) is 15.2. The van der Waals surface area contributed by atoms with Crippen LogP contribution in [-0.4, -0.2) is 29.6 Å². The topological polar surface area (TPSA) is 54.9 Å². The molecular weight excluding hydrogens is 406 g/mol. The van der Waals surface area contributed by atoms with Crippen LogP contribution in [0.25, 0.3) is 11.3 Å². The highest BCUT2D eigenvalue weighted by Crippen LogP contribution is 2.24. The normalized spacial score (nSPS) is 11.3. The maximum Gasteiger partial charge on any atom is 0.264 e. The third-order valence-electron chi connectivity index (χ3n) is 4.76. The highest BCUT2D eigenvalue weighted by Gasteiger charge is 2.21. The summed E-state index contributed by atoms with van der Waals surface area (Å²) in [4.78, 5) is 24.6. The Balaban J connectivity index is 1.52. The van der Waals surface area contributed by atoms with E-state index in [1.807, 2.05) is 70.0 Å². The van der Waals surface area contributed by atoms with E-state index in [9.17, 15) is 4.79 Å². The van der Waals surface area contributed by atoms with Crippen molar-refractivity contribution in [3.8, 4) is 0 Å². The van der Waals surface area contributed by atoms with E-state index in [0.717, 1.165) is 22.7 Å². The van der Waals surface area contributed by atoms with Crippen LogP contribution in [0.2, 0.25) is 4.34 Å². The van der Waals surface area contributed by atoms with Crippen LogP contribution < -0.4 is 0 Å². The summed E-state index contributed by atoms with van der Waals surface area (Å²) in [5.41, 5.74) is 3.57. The quantitative estimate of drug-likeness (QED) is 0.418. The van der Waals surface area contributed by atoms with Crippen LogP contribution in [0.15, 0.2) is 73.3 Å². The van der Waals surface area contributed by atoms with E-state index in [1.54, 1.807) is 17.0 Å². The average Bonchev–Trinajstić information content (AvgIpc) is 3.46. The number of carbonyl (C=O) groups excluding carboxylic acids is 1. The number of thiophene rings is 1. The van der Waals surface area contributed by atoms with Crippen molar-refractivity contribution in [1.29, 1.82) is 0 Å². The summed E-state index contributed by atoms with van der Waals surface area (Å²) >= 11 is 7.36. The minimum atomic E-state index is -0.0707. The van der Waals surface area contributed by atoms with Crippen LogP contribution in [-0.2, 0) is 13.1 Å². The van der Waals surface area contributed by atoms with Gasteiger partial charge in [-0.2, -0.15) is 0 Å². The molecule has 8 heteroatoms. The molecule has 0 fully saturated rings. The second kappa shape index (κ2) is 7.35. The Hall–Kier alpha value is -3.16. The van der Waals surface area contributed by atoms with Gasteiger partial charge in [-0.1, -0.05) is 23.7 Å². The van der Waals surface area contributed by atoms with Crippen molar-refractivity contribution in [3.05, 3.63) is 93.9 Å². The number of fused-ring (bicyclic) bond motifs is 2. The second-order valence-corrected chi connectivity index (χ2v) is 8.34. The summed E-state index contributed by atoms with van der Waals surface area (Å²) in [6.45, 7) is 0.833. The number of carbonyl (C=O) groups is 1. The molecule has 0 N–H and O–H groups in total. The van der Waals surface area contributed by atoms with Crippen LogP contribution in [0.5, 0.6) is 0 Å². The van der Waals surface area contributed by atoms with Crippen LogP contribution in [0.3, 0.4) is 0 Å². The van der Waals surface area contributed by atoms with Crippen molar-refractivity contribution in [2.75, 3.05) is 0 Å². The zero-order valence-electron chi connectivity index (χ0n) is 15.3. The standard InChI is InChI=1S/C21H16ClN5OS/c22-18-8-7-17(29-18)21(28)25(13-15-11-23-19-5-1-3-9-26(15)19)14-16-12-24-20-6-2-4-10-27(16)20/h1-12H,13-14H2. The molecule has 6 nitrogen and oxygen atoms in total. The van der Waals surface area contributed by atoms with Gasteiger partial charge in [0, 0.05) is 12.4 Å². The van der Waals surface area contributed by atoms with Crippen molar-refractivity contribution in [2.45, 2.75) is 13.1 Å². The number of rotatable bonds is 5. The van der Waals surface area contributed by atoms with Gasteiger partial charge < -0.3 is 13.7 Å². The molecule has 0 aliphatic heterocycles. The molecule has 0 saturated carbocycles. The van der Waals surface area contributed by atoms with Crippen molar-refractivity contribution < 1.29 is 4.79 Å². The highest BCUT2D eigenvalue weighted by atomic mass is 35.5. The SMILES string of the molecule is O=C(c1ccc(Cl)s1)N(Cc1cnc2ccccn12)Cc1cnc2ccccn12. The number of hydrogen-bond acceptors (Lipinski definition) is 4. The first kappa shape index (κ1) is 17.9. The molecule has 0 aromatic carbocycles. The summed E-state index contributed by atoms with van der Waals surface area (Å²) in [6.07, 6.45) is 7.53. The molecule has 0 aliphatic rings. The maximum atomic E-state index is 13.3. The fourth-order valence-corrected chi connectivity index (χ4v) is 4.39. The van der Waals surface area contributed by atoms with Gasteiger partial charge in [-0.15, -0.1) is 11.3 Å². The maximum absolute atomic E-state index is 13.3. The van der Waals surface area contributed by atoms with Crippen molar-refractivity contribution in [1.82, 2.24) is 23.7 Å². The molecule has 5 heterocycles. The molecule has 0 bridgehead atoms. The molecule has 144 valence electrons. The molecule has 0 radical (unpaired) electrons. The van der Waals surface area contributed by atoms with E-state index < -0.39 is 0 Å². The van der Waals surface area contributed by atoms with E-state index in [0.29, 0.717) is 22.3 Å². The first-order valence-electron chi connectivity index (χ1n) is 9.05. The van der Waals surface area contributed by atoms with Crippen molar-refractivity contribution in [3.63, 3.8) is 0 Å². The molecule has 0 aliphatic carbocycles. The minimum Gasteiger partial charge on any atom is -0.326 e. The molecule has 29 heavy (non-hydrogen) atoms. The Morgan fingerprint density at radius 3 is 2.00 bits per heavy atom. The van der Waals surface area contributed by atoms with Crippen LogP contribution in [0, 0.1) is 0 Å². The number of aromatic nitrogens is 4. The molecule has 5 aromatic heterocycles. The van der Waals surface area contributed by atoms with E-state index in [2.05, 4.69) is 9.97 Å². The molecule has 5 rings (SSSR count). The number of nitrogens with zero attached hydrogens (tertiary/aromatic N) is 5. The smallest absolute Gasteiger partial charge is 0.264 e. The first-order valence-corrected chi connectivity index (χ1v) is 10.2. The zero-order chi connectivity index (χ0) is 19.8. The summed E-state index contributed by atoms with van der Waals surface area (Å²) < 4.78 is 4.59. The van der Waals surface area contributed by atoms with Gasteiger partial charge in [0.15, 0.2) is 0 Å². The number of pyridine rings is 2. The van der Waals surface area contributed by atoms with E-state index in [-0.39, 0.29) is 5.91 Å². The largest absolute Gasteiger partial charge is 0.326 e. The molecule has 0 saturated heterocycles. The predicted molar refractivity (Wildman–Crippen MR) is 113 cm³/mol. The Labute approximate surface area is 175 Å². The van der Waals surface area contributed by atoms with Gasteiger partial charge in [-0.3, -0.25) is 4.79 Å². The van der Waals surface area contributed by atoms with Crippen LogP contribution in [0.4, 0.5) is 0 Å². The van der Waals surface area contributed by atoms with E-state index in [4.69, 9.17) is 11.6 Å². The summed E-state index contributed by atoms with van der Waals surface area (Å²) in [5, 5.41) is 0. The average molecular weight is 422 g/mol. The monoisotopic (exact) mass is 421 g/mol. The lowest BCUT2D eigenvalue weighted by atomic mass is 10.3. The third-order valence-corrected chi connectivity index (χ3v) is 5.98. The predicted octanol–water partition coefficient (Wildman–Crippen LogP) is 4.54. The molecule has 0 spiro atoms. The first-order chi connectivity index (χ1) is 14.2. The van der Waals surface area contributed by atoms with Crippen LogP contribution in [0.1, 0.15) is 21.1 Å². The van der Waals surface area contributed by atoms with E-state index in [1.165, 1.54) is 11.3 Å². The Morgan fingerprint density at radius 1 is 0.897 bits per heavy atom. The van der Waals surface area contributed by atoms with Gasteiger partial charge in [0.2, 0.25) is 0 Å². The Kier molecular flexibility index (Phi) is 4.54. The Morgan fingerprint density at radius 2 is 1.48 bits per heavy atom.